The van der Waals surface area contributed by atoms with Crippen LogP contribution in [-0.2, 0) is 4.74 Å². The van der Waals surface area contributed by atoms with E-state index in [1.165, 1.54) is 0 Å². The van der Waals surface area contributed by atoms with Gasteiger partial charge in [-0.05, 0) is 44.0 Å². The van der Waals surface area contributed by atoms with Crippen LogP contribution in [0.1, 0.15) is 0 Å². The van der Waals surface area contributed by atoms with Gasteiger partial charge < -0.3 is 36.2 Å². The van der Waals surface area contributed by atoms with E-state index in [0.29, 0.717) is 20.3 Å². The number of aliphatic hydroxyl groups is 4. The van der Waals surface area contributed by atoms with E-state index in [9.17, 15) is 15.3 Å². The maximum atomic E-state index is 9.95. The van der Waals surface area contributed by atoms with E-state index in [2.05, 4.69) is 37.2 Å². The summed E-state index contributed by atoms with van der Waals surface area (Å²) >= 11 is 6.59. The predicted octanol–water partition coefficient (Wildman–Crippen LogP) is 0.00560. The summed E-state index contributed by atoms with van der Waals surface area (Å²) in [5, 5.41) is 41.4. The Bertz CT molecular complexity index is 493. The van der Waals surface area contributed by atoms with Crippen molar-refractivity contribution in [2.45, 2.75) is 30.6 Å². The average molecular weight is 428 g/mol. The molecule has 5 atom stereocenters. The van der Waals surface area contributed by atoms with Crippen molar-refractivity contribution < 1.29 is 25.2 Å². The van der Waals surface area contributed by atoms with E-state index >= 15 is 0 Å². The Balaban J connectivity index is 2.18. The van der Waals surface area contributed by atoms with Crippen LogP contribution in [0, 0.1) is 0 Å². The van der Waals surface area contributed by atoms with E-state index in [1.54, 1.807) is 12.1 Å². The van der Waals surface area contributed by atoms with E-state index in [-0.39, 0.29) is 0 Å². The normalized spacial score (nSPS) is 33.0. The lowest BCUT2D eigenvalue weighted by molar-refractivity contribution is -0.221. The van der Waals surface area contributed by atoms with Crippen LogP contribution in [-0.4, -0.2) is 57.7 Å². The Morgan fingerprint density at radius 2 is 1.67 bits per heavy atom. The molecule has 7 nitrogen and oxygen atoms in total. The Morgan fingerprint density at radius 3 is 2.19 bits per heavy atom. The van der Waals surface area contributed by atoms with Crippen LogP contribution in [0.2, 0.25) is 0 Å². The lowest BCUT2D eigenvalue weighted by Gasteiger charge is -2.40. The third kappa shape index (κ3) is 3.50. The maximum Gasteiger partial charge on any atom is 0.157 e. The minimum atomic E-state index is -1.42. The highest BCUT2D eigenvalue weighted by Gasteiger charge is 2.43. The highest BCUT2D eigenvalue weighted by molar-refractivity contribution is 9.11. The number of halogens is 2. The van der Waals surface area contributed by atoms with Crippen molar-refractivity contribution >= 4 is 43.2 Å². The molecule has 1 saturated heterocycles. The first-order valence-electron chi connectivity index (χ1n) is 6.16. The summed E-state index contributed by atoms with van der Waals surface area (Å²) in [6.07, 6.45) is -6.09. The number of benzene rings is 1. The molecular formula is C12H16Br2N2O5. The van der Waals surface area contributed by atoms with Crippen LogP contribution in [0.3, 0.4) is 0 Å². The van der Waals surface area contributed by atoms with Crippen molar-refractivity contribution in [1.82, 2.24) is 0 Å². The van der Waals surface area contributed by atoms with Gasteiger partial charge in [-0.1, -0.05) is 0 Å². The van der Waals surface area contributed by atoms with Gasteiger partial charge in [0.2, 0.25) is 0 Å². The zero-order valence-electron chi connectivity index (χ0n) is 10.8. The molecule has 1 heterocycles. The summed E-state index contributed by atoms with van der Waals surface area (Å²) in [5.74, 6) is 0. The van der Waals surface area contributed by atoms with Crippen molar-refractivity contribution in [3.63, 3.8) is 0 Å². The first kappa shape index (κ1) is 16.9. The van der Waals surface area contributed by atoms with Gasteiger partial charge in [-0.2, -0.15) is 0 Å². The molecular weight excluding hydrogens is 412 g/mol. The molecule has 0 amide bonds. The molecule has 0 spiro atoms. The van der Waals surface area contributed by atoms with Gasteiger partial charge in [-0.3, -0.25) is 0 Å². The Labute approximate surface area is 138 Å². The van der Waals surface area contributed by atoms with Crippen LogP contribution in [0.4, 0.5) is 11.4 Å². The lowest BCUT2D eigenvalue weighted by atomic mass is 9.98. The molecule has 2 rings (SSSR count). The van der Waals surface area contributed by atoms with Gasteiger partial charge in [0.1, 0.15) is 24.4 Å². The fourth-order valence-corrected chi connectivity index (χ4v) is 3.24. The van der Waals surface area contributed by atoms with Crippen LogP contribution in [0.5, 0.6) is 0 Å². The van der Waals surface area contributed by atoms with Gasteiger partial charge in [0, 0.05) is 14.6 Å². The van der Waals surface area contributed by atoms with Gasteiger partial charge in [-0.15, -0.1) is 0 Å². The second-order valence-corrected chi connectivity index (χ2v) is 6.46. The molecule has 21 heavy (non-hydrogen) atoms. The lowest BCUT2D eigenvalue weighted by Crippen LogP contribution is -2.60. The summed E-state index contributed by atoms with van der Waals surface area (Å²) in [5.41, 5.74) is 6.89. The summed E-state index contributed by atoms with van der Waals surface area (Å²) < 4.78 is 6.65. The standard InChI is InChI=1S/C12H16Br2N2O5/c13-5-1-4(2-6(14)8(5)15)16-12-11(20)10(19)9(18)7(3-17)21-12/h1-2,7,9-12,16-20H,3,15H2/t7-,9+,10+,11-,12-/m1/s1. The van der Waals surface area contributed by atoms with Crippen molar-refractivity contribution in [3.05, 3.63) is 21.1 Å². The second-order valence-electron chi connectivity index (χ2n) is 4.75. The third-order valence-electron chi connectivity index (χ3n) is 3.28. The maximum absolute atomic E-state index is 9.95. The molecule has 0 bridgehead atoms. The molecule has 0 saturated carbocycles. The van der Waals surface area contributed by atoms with E-state index in [4.69, 9.17) is 15.6 Å². The van der Waals surface area contributed by atoms with Crippen molar-refractivity contribution in [2.75, 3.05) is 17.7 Å². The molecule has 1 aliphatic rings. The van der Waals surface area contributed by atoms with Crippen molar-refractivity contribution in [2.24, 2.45) is 0 Å². The number of hydrogen-bond donors (Lipinski definition) is 6. The Morgan fingerprint density at radius 1 is 1.10 bits per heavy atom. The molecule has 1 fully saturated rings. The van der Waals surface area contributed by atoms with Gasteiger partial charge in [-0.25, -0.2) is 0 Å². The highest BCUT2D eigenvalue weighted by atomic mass is 79.9. The smallest absolute Gasteiger partial charge is 0.157 e. The van der Waals surface area contributed by atoms with Gasteiger partial charge >= 0.3 is 0 Å². The number of nitrogens with one attached hydrogen (secondary N) is 1. The molecule has 1 aliphatic heterocycles. The molecule has 0 aliphatic carbocycles. The topological polar surface area (TPSA) is 128 Å². The molecule has 0 aromatic heterocycles. The van der Waals surface area contributed by atoms with Crippen molar-refractivity contribution in [3.8, 4) is 0 Å². The summed E-state index contributed by atoms with van der Waals surface area (Å²) in [4.78, 5) is 0. The molecule has 0 radical (unpaired) electrons. The monoisotopic (exact) mass is 426 g/mol. The number of hydrogen-bond acceptors (Lipinski definition) is 7. The van der Waals surface area contributed by atoms with E-state index in [0.717, 1.165) is 0 Å². The summed E-state index contributed by atoms with van der Waals surface area (Å²) in [6.45, 7) is -0.474. The first-order valence-corrected chi connectivity index (χ1v) is 7.75. The third-order valence-corrected chi connectivity index (χ3v) is 4.59. The van der Waals surface area contributed by atoms with Gasteiger partial charge in [0.05, 0.1) is 12.3 Å². The summed E-state index contributed by atoms with van der Waals surface area (Å²) in [6, 6.07) is 3.36. The second kappa shape index (κ2) is 6.78. The van der Waals surface area contributed by atoms with E-state index in [1.807, 2.05) is 0 Å². The number of nitrogens with two attached hydrogens (primary N) is 1. The number of nitrogen functional groups attached to an aromatic ring is 1. The molecule has 1 aromatic carbocycles. The van der Waals surface area contributed by atoms with E-state index < -0.39 is 37.3 Å². The quantitative estimate of drug-likeness (QED) is 0.375. The van der Waals surface area contributed by atoms with Crippen LogP contribution < -0.4 is 11.1 Å². The van der Waals surface area contributed by atoms with Crippen molar-refractivity contribution in [1.29, 1.82) is 0 Å². The van der Waals surface area contributed by atoms with Gasteiger partial charge in [0.25, 0.3) is 0 Å². The number of ether oxygens (including phenoxy) is 1. The molecule has 0 unspecified atom stereocenters. The fourth-order valence-electron chi connectivity index (χ4n) is 2.05. The minimum Gasteiger partial charge on any atom is -0.397 e. The Kier molecular flexibility index (Phi) is 5.47. The zero-order valence-corrected chi connectivity index (χ0v) is 14.0. The Hall–Kier alpha value is -0.420. The molecule has 118 valence electrons. The number of anilines is 2. The van der Waals surface area contributed by atoms with Gasteiger partial charge in [0.15, 0.2) is 6.23 Å². The van der Waals surface area contributed by atoms with Crippen LogP contribution in [0.15, 0.2) is 21.1 Å². The zero-order chi connectivity index (χ0) is 15.7. The average Bonchev–Trinajstić information content (AvgIpc) is 2.45. The summed E-state index contributed by atoms with van der Waals surface area (Å²) in [7, 11) is 0. The number of rotatable bonds is 3. The molecule has 1 aromatic rings. The predicted molar refractivity (Wildman–Crippen MR) is 83.6 cm³/mol. The molecule has 9 heteroatoms. The first-order chi connectivity index (χ1) is 9.85. The highest BCUT2D eigenvalue weighted by Crippen LogP contribution is 2.33. The van der Waals surface area contributed by atoms with Crippen LogP contribution >= 0.6 is 31.9 Å². The molecule has 7 N–H and O–H groups in total. The fraction of sp³-hybridized carbons (Fsp3) is 0.500. The number of aliphatic hydroxyl groups excluding tert-OH is 4. The SMILES string of the molecule is Nc1c(Br)cc(N[C@@H]2O[C@H](CO)[C@H](O)[C@H](O)[C@H]2O)cc1Br. The largest absolute Gasteiger partial charge is 0.397 e. The minimum absolute atomic E-state index is 0.474. The van der Waals surface area contributed by atoms with Crippen LogP contribution in [0.25, 0.3) is 0 Å².